The maximum absolute atomic E-state index is 13.8. The van der Waals surface area contributed by atoms with E-state index in [1.54, 1.807) is 12.1 Å². The van der Waals surface area contributed by atoms with Crippen LogP contribution in [-0.2, 0) is 0 Å². The lowest BCUT2D eigenvalue weighted by molar-refractivity contribution is 0.0425. The summed E-state index contributed by atoms with van der Waals surface area (Å²) in [5.41, 5.74) is 1.85. The lowest BCUT2D eigenvalue weighted by Gasteiger charge is -2.40. The highest BCUT2D eigenvalue weighted by atomic mass is 19.1. The molecule has 0 N–H and O–H groups in total. The minimum atomic E-state index is -0.145. The molecular weight excluding hydrogens is 371 g/mol. The summed E-state index contributed by atoms with van der Waals surface area (Å²) in [6.07, 6.45) is 12.8. The molecule has 0 bridgehead atoms. The summed E-state index contributed by atoms with van der Waals surface area (Å²) in [6.45, 7) is 15.9. The molecule has 30 heavy (non-hydrogen) atoms. The van der Waals surface area contributed by atoms with Gasteiger partial charge in [-0.15, -0.1) is 0 Å². The second-order valence-corrected chi connectivity index (χ2v) is 11.2. The molecule has 1 nitrogen and oxygen atoms in total. The van der Waals surface area contributed by atoms with Gasteiger partial charge in [-0.1, -0.05) is 79.6 Å². The summed E-state index contributed by atoms with van der Waals surface area (Å²) in [6, 6.07) is 3.27. The van der Waals surface area contributed by atoms with Crippen LogP contribution in [0.1, 0.15) is 123 Å². The van der Waals surface area contributed by atoms with Crippen LogP contribution in [0.4, 0.5) is 4.39 Å². The fraction of sp³-hybridized carbons (Fsp3) is 0.786. The highest BCUT2D eigenvalue weighted by molar-refractivity contribution is 5.45. The predicted molar refractivity (Wildman–Crippen MR) is 128 cm³/mol. The molecule has 1 aliphatic rings. The van der Waals surface area contributed by atoms with E-state index in [0.29, 0.717) is 5.92 Å². The first-order chi connectivity index (χ1) is 14.1. The van der Waals surface area contributed by atoms with Gasteiger partial charge in [0, 0.05) is 5.56 Å². The van der Waals surface area contributed by atoms with E-state index in [-0.39, 0.29) is 11.4 Å². The van der Waals surface area contributed by atoms with Gasteiger partial charge in [-0.2, -0.15) is 0 Å². The minimum Gasteiger partial charge on any atom is -0.487 e. The van der Waals surface area contributed by atoms with E-state index in [4.69, 9.17) is 4.74 Å². The van der Waals surface area contributed by atoms with Crippen LogP contribution in [-0.4, -0.2) is 5.60 Å². The molecule has 172 valence electrons. The molecule has 0 aromatic heterocycles. The lowest BCUT2D eigenvalue weighted by Crippen LogP contribution is -2.38. The molecule has 2 heteroatoms. The molecule has 0 saturated heterocycles. The summed E-state index contributed by atoms with van der Waals surface area (Å²) in [4.78, 5) is 0. The monoisotopic (exact) mass is 418 g/mol. The van der Waals surface area contributed by atoms with Crippen molar-refractivity contribution in [1.82, 2.24) is 0 Å². The van der Waals surface area contributed by atoms with Gasteiger partial charge in [-0.3, -0.25) is 0 Å². The Morgan fingerprint density at radius 2 is 1.53 bits per heavy atom. The zero-order chi connectivity index (χ0) is 22.3. The van der Waals surface area contributed by atoms with Crippen LogP contribution in [0.25, 0.3) is 0 Å². The highest BCUT2D eigenvalue weighted by Crippen LogP contribution is 2.44. The summed E-state index contributed by atoms with van der Waals surface area (Å²) >= 11 is 0. The molecule has 0 aliphatic carbocycles. The Balaban J connectivity index is 1.70. The van der Waals surface area contributed by atoms with E-state index in [2.05, 4.69) is 41.5 Å². The average molecular weight is 419 g/mol. The van der Waals surface area contributed by atoms with Gasteiger partial charge in [0.2, 0.25) is 0 Å². The first-order valence-corrected chi connectivity index (χ1v) is 12.6. The van der Waals surface area contributed by atoms with Crippen molar-refractivity contribution in [2.75, 3.05) is 0 Å². The Morgan fingerprint density at radius 3 is 2.13 bits per heavy atom. The summed E-state index contributed by atoms with van der Waals surface area (Å²) in [7, 11) is 0. The van der Waals surface area contributed by atoms with Crippen molar-refractivity contribution >= 4 is 0 Å². The smallest absolute Gasteiger partial charge is 0.126 e. The zero-order valence-corrected chi connectivity index (χ0v) is 20.8. The van der Waals surface area contributed by atoms with Crippen LogP contribution in [0.2, 0.25) is 0 Å². The van der Waals surface area contributed by atoms with Crippen molar-refractivity contribution in [3.8, 4) is 5.75 Å². The van der Waals surface area contributed by atoms with Gasteiger partial charge < -0.3 is 4.74 Å². The first kappa shape index (κ1) is 25.2. The van der Waals surface area contributed by atoms with E-state index < -0.39 is 0 Å². The third-order valence-corrected chi connectivity index (χ3v) is 7.16. The maximum Gasteiger partial charge on any atom is 0.126 e. The molecule has 0 unspecified atom stereocenters. The Kier molecular flexibility index (Phi) is 9.69. The molecule has 1 aliphatic heterocycles. The van der Waals surface area contributed by atoms with Gasteiger partial charge in [-0.05, 0) is 74.5 Å². The molecule has 4 atom stereocenters. The van der Waals surface area contributed by atoms with Crippen molar-refractivity contribution in [2.45, 2.75) is 124 Å². The maximum atomic E-state index is 13.8. The molecule has 0 fully saturated rings. The second kappa shape index (κ2) is 11.5. The van der Waals surface area contributed by atoms with Gasteiger partial charge in [0.05, 0.1) is 0 Å². The molecule has 0 radical (unpaired) electrons. The van der Waals surface area contributed by atoms with Crippen LogP contribution in [0.15, 0.2) is 12.1 Å². The third-order valence-electron chi connectivity index (χ3n) is 7.16. The summed E-state index contributed by atoms with van der Waals surface area (Å²) in [5.74, 6) is 3.64. The normalized spacial score (nSPS) is 23.2. The number of hydrogen-bond donors (Lipinski definition) is 0. The number of ether oxygens (including phenoxy) is 1. The molecule has 2 rings (SSSR count). The van der Waals surface area contributed by atoms with E-state index in [9.17, 15) is 4.39 Å². The van der Waals surface area contributed by atoms with Crippen LogP contribution in [0.5, 0.6) is 5.75 Å². The van der Waals surface area contributed by atoms with E-state index >= 15 is 0 Å². The fourth-order valence-electron chi connectivity index (χ4n) is 5.26. The van der Waals surface area contributed by atoms with Gasteiger partial charge in [0.25, 0.3) is 0 Å². The van der Waals surface area contributed by atoms with E-state index in [1.165, 1.54) is 51.4 Å². The Hall–Kier alpha value is -1.05. The zero-order valence-electron chi connectivity index (χ0n) is 20.8. The van der Waals surface area contributed by atoms with Gasteiger partial charge in [0.15, 0.2) is 0 Å². The van der Waals surface area contributed by atoms with Gasteiger partial charge in [0.1, 0.15) is 17.2 Å². The van der Waals surface area contributed by atoms with Crippen molar-refractivity contribution in [1.29, 1.82) is 0 Å². The molecule has 0 spiro atoms. The average Bonchev–Trinajstić information content (AvgIpc) is 2.62. The lowest BCUT2D eigenvalue weighted by atomic mass is 9.80. The van der Waals surface area contributed by atoms with Crippen molar-refractivity contribution < 1.29 is 9.13 Å². The topological polar surface area (TPSA) is 9.23 Å². The van der Waals surface area contributed by atoms with E-state index in [0.717, 1.165) is 47.5 Å². The minimum absolute atomic E-state index is 0.125. The second-order valence-electron chi connectivity index (χ2n) is 11.2. The predicted octanol–water partition coefficient (Wildman–Crippen LogP) is 9.22. The van der Waals surface area contributed by atoms with Crippen molar-refractivity contribution in [3.05, 3.63) is 29.1 Å². The summed E-state index contributed by atoms with van der Waals surface area (Å²) in [5, 5.41) is 0. The van der Waals surface area contributed by atoms with Crippen molar-refractivity contribution in [3.63, 3.8) is 0 Å². The highest BCUT2D eigenvalue weighted by Gasteiger charge is 2.36. The first-order valence-electron chi connectivity index (χ1n) is 12.6. The van der Waals surface area contributed by atoms with Crippen LogP contribution >= 0.6 is 0 Å². The Morgan fingerprint density at radius 1 is 0.967 bits per heavy atom. The summed E-state index contributed by atoms with van der Waals surface area (Å²) < 4.78 is 20.3. The number of rotatable bonds is 12. The molecule has 1 aromatic rings. The number of aryl methyl sites for hydroxylation is 1. The number of benzene rings is 1. The van der Waals surface area contributed by atoms with Crippen LogP contribution in [0.3, 0.4) is 0 Å². The fourth-order valence-corrected chi connectivity index (χ4v) is 5.26. The van der Waals surface area contributed by atoms with Crippen LogP contribution in [0, 0.1) is 30.5 Å². The SMILES string of the molecule is Cc1cc(F)cc2c1O[C@](C)(CCC[C@H](C)CCC[C@H](C)CCCC(C)C)C[C@@H]2C. The Labute approximate surface area is 186 Å². The quantitative estimate of drug-likeness (QED) is 0.328. The van der Waals surface area contributed by atoms with Crippen LogP contribution < -0.4 is 4.74 Å². The molecule has 1 aromatic carbocycles. The number of halogens is 1. The van der Waals surface area contributed by atoms with Gasteiger partial charge >= 0.3 is 0 Å². The third kappa shape index (κ3) is 7.89. The van der Waals surface area contributed by atoms with E-state index in [1.807, 2.05) is 6.92 Å². The standard InChI is InChI=1S/C28H47FO/c1-20(2)11-8-12-21(3)13-9-14-22(4)15-10-16-28(7)19-24(6)26-18-25(29)17-23(5)27(26)30-28/h17-18,20-22,24H,8-16,19H2,1-7H3/t21-,22-,24+,28-/m1/s1. The van der Waals surface area contributed by atoms with Gasteiger partial charge in [-0.25, -0.2) is 4.39 Å². The number of fused-ring (bicyclic) bond motifs is 1. The Bertz CT molecular complexity index is 652. The largest absolute Gasteiger partial charge is 0.487 e. The van der Waals surface area contributed by atoms with Crippen molar-refractivity contribution in [2.24, 2.45) is 17.8 Å². The molecule has 0 saturated carbocycles. The number of hydrogen-bond acceptors (Lipinski definition) is 1. The molecular formula is C28H47FO. The molecule has 1 heterocycles. The molecule has 0 amide bonds.